The predicted octanol–water partition coefficient (Wildman–Crippen LogP) is 3.87. The highest BCUT2D eigenvalue weighted by Crippen LogP contribution is 2.20. The molecule has 1 rings (SSSR count). The summed E-state index contributed by atoms with van der Waals surface area (Å²) in [5.74, 6) is 0.731. The average Bonchev–Trinajstić information content (AvgIpc) is 2.30. The van der Waals surface area contributed by atoms with Crippen LogP contribution >= 0.6 is 0 Å². The first-order valence-corrected chi connectivity index (χ1v) is 6.87. The Morgan fingerprint density at radius 1 is 1.12 bits per heavy atom. The van der Waals surface area contributed by atoms with Crippen molar-refractivity contribution in [1.29, 1.82) is 0 Å². The van der Waals surface area contributed by atoms with Gasteiger partial charge in [-0.05, 0) is 12.3 Å². The zero-order valence-electron chi connectivity index (χ0n) is 11.1. The molecule has 0 bridgehead atoms. The fraction of sp³-hybridized carbons (Fsp3) is 0.600. The van der Waals surface area contributed by atoms with Gasteiger partial charge in [-0.15, -0.1) is 0 Å². The van der Waals surface area contributed by atoms with Crippen molar-refractivity contribution in [2.75, 3.05) is 0 Å². The molecule has 0 aliphatic heterocycles. The molecule has 1 aromatic rings. The van der Waals surface area contributed by atoms with E-state index in [1.165, 1.54) is 39.3 Å². The van der Waals surface area contributed by atoms with E-state index in [1.807, 2.05) is 0 Å². The molecule has 0 nitrogen and oxygen atoms in total. The second-order valence-electron chi connectivity index (χ2n) is 4.85. The molecule has 0 spiro atoms. The smallest absolute Gasteiger partial charge is 0.0811 e. The van der Waals surface area contributed by atoms with E-state index in [4.69, 9.17) is 0 Å². The Balaban J connectivity index is 2.62. The van der Waals surface area contributed by atoms with Crippen LogP contribution in [-0.2, 0) is 0 Å². The van der Waals surface area contributed by atoms with E-state index >= 15 is 0 Å². The molecule has 0 unspecified atom stereocenters. The van der Waals surface area contributed by atoms with E-state index in [2.05, 4.69) is 45.0 Å². The highest BCUT2D eigenvalue weighted by Gasteiger charge is 2.09. The topological polar surface area (TPSA) is 0 Å². The summed E-state index contributed by atoms with van der Waals surface area (Å²) >= 11 is 0. The van der Waals surface area contributed by atoms with Gasteiger partial charge in [-0.3, -0.25) is 0 Å². The van der Waals surface area contributed by atoms with Crippen LogP contribution in [-0.4, -0.2) is 7.28 Å². The summed E-state index contributed by atoms with van der Waals surface area (Å²) in [4.78, 5) is 0. The highest BCUT2D eigenvalue weighted by molar-refractivity contribution is 6.53. The highest BCUT2D eigenvalue weighted by atomic mass is 14.1. The number of benzene rings is 1. The Morgan fingerprint density at radius 2 is 1.88 bits per heavy atom. The third kappa shape index (κ3) is 4.04. The molecule has 16 heavy (non-hydrogen) atoms. The minimum atomic E-state index is 0.731. The Bertz CT molecular complexity index is 293. The first-order chi connectivity index (χ1) is 7.79. The molecule has 88 valence electrons. The van der Waals surface area contributed by atoms with Crippen LogP contribution in [0, 0.1) is 0 Å². The first-order valence-electron chi connectivity index (χ1n) is 6.87. The van der Waals surface area contributed by atoms with Crippen LogP contribution in [0.5, 0.6) is 0 Å². The normalized spacial score (nSPS) is 12.4. The molecule has 0 amide bonds. The maximum atomic E-state index is 2.38. The minimum Gasteiger partial charge on any atom is -0.0811 e. The van der Waals surface area contributed by atoms with Crippen molar-refractivity contribution in [3.8, 4) is 0 Å². The quantitative estimate of drug-likeness (QED) is 0.479. The molecule has 0 radical (unpaired) electrons. The Morgan fingerprint density at radius 3 is 2.56 bits per heavy atom. The Kier molecular flexibility index (Phi) is 6.29. The van der Waals surface area contributed by atoms with Gasteiger partial charge in [0.25, 0.3) is 0 Å². The van der Waals surface area contributed by atoms with E-state index in [1.54, 1.807) is 11.0 Å². The number of unbranched alkanes of at least 4 members (excludes halogenated alkanes) is 2. The third-order valence-electron chi connectivity index (χ3n) is 3.35. The summed E-state index contributed by atoms with van der Waals surface area (Å²) < 4.78 is 0. The van der Waals surface area contributed by atoms with Gasteiger partial charge >= 0.3 is 0 Å². The fourth-order valence-corrected chi connectivity index (χ4v) is 2.37. The molecule has 1 aromatic carbocycles. The van der Waals surface area contributed by atoms with Crippen molar-refractivity contribution in [2.24, 2.45) is 0 Å². The van der Waals surface area contributed by atoms with Gasteiger partial charge in [0.15, 0.2) is 7.28 Å². The zero-order valence-corrected chi connectivity index (χ0v) is 11.1. The number of rotatable bonds is 7. The van der Waals surface area contributed by atoms with Crippen molar-refractivity contribution in [3.63, 3.8) is 0 Å². The lowest BCUT2D eigenvalue weighted by Gasteiger charge is -2.15. The van der Waals surface area contributed by atoms with E-state index in [9.17, 15) is 0 Å². The molecule has 0 saturated carbocycles. The van der Waals surface area contributed by atoms with E-state index in [0.717, 1.165) is 5.92 Å². The van der Waals surface area contributed by atoms with Gasteiger partial charge in [0.1, 0.15) is 0 Å². The summed E-state index contributed by atoms with van der Waals surface area (Å²) in [5, 5.41) is 0. The maximum absolute atomic E-state index is 2.38. The van der Waals surface area contributed by atoms with E-state index < -0.39 is 0 Å². The van der Waals surface area contributed by atoms with Crippen molar-refractivity contribution in [1.82, 2.24) is 0 Å². The van der Waals surface area contributed by atoms with Crippen molar-refractivity contribution < 1.29 is 0 Å². The molecule has 0 aromatic heterocycles. The van der Waals surface area contributed by atoms with Gasteiger partial charge in [0.05, 0.1) is 0 Å². The van der Waals surface area contributed by atoms with Crippen LogP contribution in [0.1, 0.15) is 57.9 Å². The molecule has 1 heteroatoms. The second-order valence-corrected chi connectivity index (χ2v) is 4.85. The van der Waals surface area contributed by atoms with Crippen LogP contribution in [0.4, 0.5) is 0 Å². The van der Waals surface area contributed by atoms with Crippen LogP contribution in [0.25, 0.3) is 0 Å². The fourth-order valence-electron chi connectivity index (χ4n) is 2.37. The lowest BCUT2D eigenvalue weighted by Crippen LogP contribution is -2.19. The molecular weight excluding hydrogens is 191 g/mol. The van der Waals surface area contributed by atoms with Gasteiger partial charge < -0.3 is 0 Å². The Labute approximate surface area is 102 Å². The van der Waals surface area contributed by atoms with Crippen molar-refractivity contribution >= 4 is 12.7 Å². The van der Waals surface area contributed by atoms with Gasteiger partial charge in [0.2, 0.25) is 0 Å². The monoisotopic (exact) mass is 216 g/mol. The molecule has 0 aliphatic carbocycles. The predicted molar refractivity (Wildman–Crippen MR) is 76.3 cm³/mol. The van der Waals surface area contributed by atoms with Gasteiger partial charge in [-0.1, -0.05) is 81.6 Å². The molecule has 1 atom stereocenters. The lowest BCUT2D eigenvalue weighted by molar-refractivity contribution is 0.600. The van der Waals surface area contributed by atoms with Crippen LogP contribution in [0.3, 0.4) is 0 Å². The molecule has 0 fully saturated rings. The number of hydrogen-bond donors (Lipinski definition) is 0. The second kappa shape index (κ2) is 7.54. The molecule has 0 saturated heterocycles. The standard InChI is InChI=1S/C15H25B/c1-4-6-7-10-13(3)14-11-8-9-12-15(14)16-5-2/h8-9,11-13,16H,4-7,10H2,1-3H3/t13-/m1/s1. The molecule has 0 aliphatic rings. The van der Waals surface area contributed by atoms with Gasteiger partial charge in [-0.2, -0.15) is 0 Å². The first kappa shape index (κ1) is 13.4. The largest absolute Gasteiger partial charge is 0.157 e. The van der Waals surface area contributed by atoms with E-state index in [-0.39, 0.29) is 0 Å². The van der Waals surface area contributed by atoms with Gasteiger partial charge in [-0.25, -0.2) is 0 Å². The SMILES string of the molecule is CCBc1ccccc1[C@H](C)CCCCC. The summed E-state index contributed by atoms with van der Waals surface area (Å²) in [7, 11) is 1.23. The minimum absolute atomic E-state index is 0.731. The average molecular weight is 216 g/mol. The van der Waals surface area contributed by atoms with E-state index in [0.29, 0.717) is 0 Å². The van der Waals surface area contributed by atoms with Crippen molar-refractivity contribution in [2.45, 2.75) is 58.7 Å². The Hall–Kier alpha value is -0.715. The van der Waals surface area contributed by atoms with Crippen LogP contribution in [0.15, 0.2) is 24.3 Å². The molecular formula is C15H25B. The zero-order chi connectivity index (χ0) is 11.8. The van der Waals surface area contributed by atoms with Crippen LogP contribution in [0.2, 0.25) is 6.32 Å². The molecule has 0 N–H and O–H groups in total. The van der Waals surface area contributed by atoms with Crippen LogP contribution < -0.4 is 5.46 Å². The summed E-state index contributed by atoms with van der Waals surface area (Å²) in [6, 6.07) is 8.98. The van der Waals surface area contributed by atoms with Gasteiger partial charge in [0, 0.05) is 0 Å². The number of hydrogen-bond acceptors (Lipinski definition) is 0. The molecule has 0 heterocycles. The summed E-state index contributed by atoms with van der Waals surface area (Å²) in [5.41, 5.74) is 3.15. The third-order valence-corrected chi connectivity index (χ3v) is 3.35. The van der Waals surface area contributed by atoms with Crippen molar-refractivity contribution in [3.05, 3.63) is 29.8 Å². The summed E-state index contributed by atoms with van der Waals surface area (Å²) in [6.07, 6.45) is 6.66. The lowest BCUT2D eigenvalue weighted by atomic mass is 9.64. The summed E-state index contributed by atoms with van der Waals surface area (Å²) in [6.45, 7) is 6.92. The maximum Gasteiger partial charge on any atom is 0.157 e.